The first-order valence-electron chi connectivity index (χ1n) is 8.48. The number of nitrogens with one attached hydrogen (secondary N) is 2. The first-order valence-corrected chi connectivity index (χ1v) is 9.56. The Labute approximate surface area is 172 Å². The molecule has 27 heavy (non-hydrogen) atoms. The molecule has 0 aromatic heterocycles. The predicted octanol–water partition coefficient (Wildman–Crippen LogP) is 5.41. The Morgan fingerprint density at radius 1 is 0.741 bits per heavy atom. The maximum atomic E-state index is 12.4. The molecule has 0 saturated carbocycles. The van der Waals surface area contributed by atoms with E-state index in [-0.39, 0.29) is 11.8 Å². The molecule has 5 heteroatoms. The van der Waals surface area contributed by atoms with Gasteiger partial charge in [0.2, 0.25) is 0 Å². The Morgan fingerprint density at radius 3 is 1.93 bits per heavy atom. The van der Waals surface area contributed by atoms with Crippen LogP contribution in [0.25, 0.3) is 0 Å². The predicted molar refractivity (Wildman–Crippen MR) is 117 cm³/mol. The lowest BCUT2D eigenvalue weighted by molar-refractivity contribution is 0.101. The third-order valence-corrected chi connectivity index (χ3v) is 5.39. The molecular formula is C22H19IN2O2. The van der Waals surface area contributed by atoms with Crippen molar-refractivity contribution in [3.05, 3.63) is 92.6 Å². The molecule has 0 fully saturated rings. The molecule has 0 spiro atoms. The van der Waals surface area contributed by atoms with E-state index >= 15 is 0 Å². The number of benzene rings is 3. The van der Waals surface area contributed by atoms with Crippen LogP contribution >= 0.6 is 22.6 Å². The summed E-state index contributed by atoms with van der Waals surface area (Å²) in [6.45, 7) is 3.91. The largest absolute Gasteiger partial charge is 0.322 e. The average Bonchev–Trinajstić information content (AvgIpc) is 2.65. The minimum atomic E-state index is -0.162. The fourth-order valence-corrected chi connectivity index (χ4v) is 3.12. The molecule has 0 aliphatic rings. The van der Waals surface area contributed by atoms with Crippen molar-refractivity contribution in [2.75, 3.05) is 10.6 Å². The van der Waals surface area contributed by atoms with E-state index in [0.717, 1.165) is 14.7 Å². The van der Waals surface area contributed by atoms with Crippen LogP contribution in [-0.2, 0) is 0 Å². The van der Waals surface area contributed by atoms with Gasteiger partial charge >= 0.3 is 0 Å². The van der Waals surface area contributed by atoms with Gasteiger partial charge in [-0.25, -0.2) is 0 Å². The van der Waals surface area contributed by atoms with Crippen molar-refractivity contribution in [1.29, 1.82) is 0 Å². The van der Waals surface area contributed by atoms with Gasteiger partial charge in [0.1, 0.15) is 0 Å². The zero-order chi connectivity index (χ0) is 19.4. The van der Waals surface area contributed by atoms with Crippen molar-refractivity contribution >= 4 is 45.8 Å². The fourth-order valence-electron chi connectivity index (χ4n) is 2.60. The molecule has 3 rings (SSSR count). The van der Waals surface area contributed by atoms with E-state index in [2.05, 4.69) is 33.2 Å². The van der Waals surface area contributed by atoms with E-state index < -0.39 is 0 Å². The zero-order valence-electron chi connectivity index (χ0n) is 15.0. The van der Waals surface area contributed by atoms with Crippen molar-refractivity contribution in [3.63, 3.8) is 0 Å². The maximum Gasteiger partial charge on any atom is 0.255 e. The summed E-state index contributed by atoms with van der Waals surface area (Å²) in [6.07, 6.45) is 0. The summed E-state index contributed by atoms with van der Waals surface area (Å²) in [5.74, 6) is -0.316. The van der Waals surface area contributed by atoms with Crippen LogP contribution in [0.4, 0.5) is 11.4 Å². The minimum Gasteiger partial charge on any atom is -0.322 e. The van der Waals surface area contributed by atoms with Crippen LogP contribution < -0.4 is 10.6 Å². The molecule has 0 radical (unpaired) electrons. The van der Waals surface area contributed by atoms with Gasteiger partial charge in [-0.1, -0.05) is 24.3 Å². The Bertz CT molecular complexity index is 997. The highest BCUT2D eigenvalue weighted by atomic mass is 127. The van der Waals surface area contributed by atoms with E-state index in [0.29, 0.717) is 22.5 Å². The molecule has 2 amide bonds. The van der Waals surface area contributed by atoms with E-state index in [1.54, 1.807) is 30.3 Å². The van der Waals surface area contributed by atoms with Gasteiger partial charge < -0.3 is 10.6 Å². The lowest BCUT2D eigenvalue weighted by Gasteiger charge is -2.10. The first-order chi connectivity index (χ1) is 12.9. The number of hydrogen-bond acceptors (Lipinski definition) is 2. The lowest BCUT2D eigenvalue weighted by atomic mass is 10.1. The highest BCUT2D eigenvalue weighted by molar-refractivity contribution is 14.1. The van der Waals surface area contributed by atoms with Crippen LogP contribution in [0.5, 0.6) is 0 Å². The number of hydrogen-bond donors (Lipinski definition) is 2. The Kier molecular flexibility index (Phi) is 5.91. The molecule has 0 aliphatic heterocycles. The number of carbonyl (C=O) groups is 2. The average molecular weight is 470 g/mol. The number of anilines is 2. The summed E-state index contributed by atoms with van der Waals surface area (Å²) in [5, 5.41) is 5.74. The second kappa shape index (κ2) is 8.35. The molecule has 0 unspecified atom stereocenters. The van der Waals surface area contributed by atoms with Gasteiger partial charge in [0, 0.05) is 26.1 Å². The Morgan fingerprint density at radius 2 is 1.33 bits per heavy atom. The second-order valence-electron chi connectivity index (χ2n) is 6.26. The van der Waals surface area contributed by atoms with Gasteiger partial charge in [-0.15, -0.1) is 0 Å². The summed E-state index contributed by atoms with van der Waals surface area (Å²) in [5.41, 5.74) is 4.66. The van der Waals surface area contributed by atoms with Crippen molar-refractivity contribution in [2.24, 2.45) is 0 Å². The molecule has 136 valence electrons. The van der Waals surface area contributed by atoms with E-state index in [1.165, 1.54) is 0 Å². The van der Waals surface area contributed by atoms with Crippen LogP contribution in [0.15, 0.2) is 66.7 Å². The topological polar surface area (TPSA) is 58.2 Å². The summed E-state index contributed by atoms with van der Waals surface area (Å²) < 4.78 is 1.05. The van der Waals surface area contributed by atoms with Gasteiger partial charge in [-0.3, -0.25) is 9.59 Å². The first kappa shape index (κ1) is 19.1. The molecule has 2 N–H and O–H groups in total. The molecule has 0 atom stereocenters. The van der Waals surface area contributed by atoms with Gasteiger partial charge in [0.25, 0.3) is 11.8 Å². The zero-order valence-corrected chi connectivity index (χ0v) is 17.2. The number of amides is 2. The fraction of sp³-hybridized carbons (Fsp3) is 0.0909. The van der Waals surface area contributed by atoms with E-state index in [9.17, 15) is 9.59 Å². The van der Waals surface area contributed by atoms with Crippen molar-refractivity contribution < 1.29 is 9.59 Å². The quantitative estimate of drug-likeness (QED) is 0.501. The SMILES string of the molecule is Cc1ccc(C(=O)Nc2ccc(NC(=O)c3ccccc3C)cc2)cc1I. The van der Waals surface area contributed by atoms with Gasteiger partial charge in [0.15, 0.2) is 0 Å². The number of carbonyl (C=O) groups excluding carboxylic acids is 2. The number of rotatable bonds is 4. The normalized spacial score (nSPS) is 10.3. The molecule has 0 saturated heterocycles. The van der Waals surface area contributed by atoms with Gasteiger partial charge in [-0.2, -0.15) is 0 Å². The smallest absolute Gasteiger partial charge is 0.255 e. The van der Waals surface area contributed by atoms with Crippen molar-refractivity contribution in [2.45, 2.75) is 13.8 Å². The van der Waals surface area contributed by atoms with Gasteiger partial charge in [-0.05, 0) is 90.0 Å². The Hall–Kier alpha value is -2.67. The monoisotopic (exact) mass is 470 g/mol. The van der Waals surface area contributed by atoms with Crippen molar-refractivity contribution in [3.8, 4) is 0 Å². The molecular weight excluding hydrogens is 451 g/mol. The second-order valence-corrected chi connectivity index (χ2v) is 7.43. The minimum absolute atomic E-state index is 0.154. The van der Waals surface area contributed by atoms with Crippen LogP contribution in [0.1, 0.15) is 31.8 Å². The third kappa shape index (κ3) is 4.74. The van der Waals surface area contributed by atoms with Crippen LogP contribution in [-0.4, -0.2) is 11.8 Å². The summed E-state index contributed by atoms with van der Waals surface area (Å²) >= 11 is 2.22. The van der Waals surface area contributed by atoms with Crippen LogP contribution in [0, 0.1) is 17.4 Å². The Balaban J connectivity index is 1.66. The highest BCUT2D eigenvalue weighted by Crippen LogP contribution is 2.18. The molecule has 3 aromatic rings. The number of halogens is 1. The van der Waals surface area contributed by atoms with Crippen molar-refractivity contribution in [1.82, 2.24) is 0 Å². The van der Waals surface area contributed by atoms with Gasteiger partial charge in [0.05, 0.1) is 0 Å². The molecule has 3 aromatic carbocycles. The molecule has 0 heterocycles. The molecule has 0 aliphatic carbocycles. The molecule has 4 nitrogen and oxygen atoms in total. The number of aryl methyl sites for hydroxylation is 2. The van der Waals surface area contributed by atoms with Crippen LogP contribution in [0.3, 0.4) is 0 Å². The standard InChI is InChI=1S/C22H19IN2O2/c1-14-5-3-4-6-19(14)22(27)25-18-11-9-17(10-12-18)24-21(26)16-8-7-15(2)20(23)13-16/h3-13H,1-2H3,(H,24,26)(H,25,27). The van der Waals surface area contributed by atoms with E-state index in [1.807, 2.05) is 50.2 Å². The summed E-state index contributed by atoms with van der Waals surface area (Å²) in [6, 6.07) is 20.1. The lowest BCUT2D eigenvalue weighted by Crippen LogP contribution is -2.14. The van der Waals surface area contributed by atoms with Crippen LogP contribution in [0.2, 0.25) is 0 Å². The molecule has 0 bridgehead atoms. The third-order valence-electron chi connectivity index (χ3n) is 4.22. The maximum absolute atomic E-state index is 12.4. The summed E-state index contributed by atoms with van der Waals surface area (Å²) in [4.78, 5) is 24.7. The van der Waals surface area contributed by atoms with E-state index in [4.69, 9.17) is 0 Å². The highest BCUT2D eigenvalue weighted by Gasteiger charge is 2.10. The summed E-state index contributed by atoms with van der Waals surface area (Å²) in [7, 11) is 0.